The summed E-state index contributed by atoms with van der Waals surface area (Å²) in [5, 5.41) is 7.80. The molecule has 140 valence electrons. The predicted molar refractivity (Wildman–Crippen MR) is 107 cm³/mol. The molecule has 0 saturated carbocycles. The number of nitrogens with zero attached hydrogens (tertiary/aromatic N) is 3. The lowest BCUT2D eigenvalue weighted by molar-refractivity contribution is -0.114. The van der Waals surface area contributed by atoms with Gasteiger partial charge in [0.1, 0.15) is 11.3 Å². The number of carbonyl (C=O) groups is 2. The number of fused-ring (bicyclic) bond motifs is 1. The summed E-state index contributed by atoms with van der Waals surface area (Å²) in [5.41, 5.74) is 4.90. The number of hydrogen-bond donors (Lipinski definition) is 2. The number of anilines is 1. The molecular formula is C21H19N5O2. The summed E-state index contributed by atoms with van der Waals surface area (Å²) in [7, 11) is 1.76. The maximum absolute atomic E-state index is 13.2. The molecule has 3 aromatic heterocycles. The maximum atomic E-state index is 13.2. The van der Waals surface area contributed by atoms with Crippen LogP contribution in [0.1, 0.15) is 28.7 Å². The number of rotatable bonds is 4. The van der Waals surface area contributed by atoms with Crippen LogP contribution in [0.3, 0.4) is 0 Å². The number of pyridine rings is 1. The third-order valence-corrected chi connectivity index (χ3v) is 4.55. The van der Waals surface area contributed by atoms with Crippen molar-refractivity contribution in [1.82, 2.24) is 19.7 Å². The van der Waals surface area contributed by atoms with Gasteiger partial charge in [-0.3, -0.25) is 14.3 Å². The van der Waals surface area contributed by atoms with Crippen molar-refractivity contribution in [2.45, 2.75) is 13.8 Å². The molecule has 0 saturated heterocycles. The molecule has 7 heteroatoms. The first-order valence-electron chi connectivity index (χ1n) is 8.83. The molecule has 2 N–H and O–H groups in total. The van der Waals surface area contributed by atoms with Crippen LogP contribution >= 0.6 is 0 Å². The minimum Gasteiger partial charge on any atom is -0.345 e. The highest BCUT2D eigenvalue weighted by molar-refractivity contribution is 6.18. The van der Waals surface area contributed by atoms with Gasteiger partial charge in [0.2, 0.25) is 11.7 Å². The van der Waals surface area contributed by atoms with E-state index in [2.05, 4.69) is 20.4 Å². The number of aromatic amines is 1. The van der Waals surface area contributed by atoms with Crippen molar-refractivity contribution in [2.24, 2.45) is 7.05 Å². The lowest BCUT2D eigenvalue weighted by atomic mass is 9.98. The zero-order chi connectivity index (χ0) is 19.8. The Kier molecular flexibility index (Phi) is 4.27. The second kappa shape index (κ2) is 6.77. The molecular weight excluding hydrogens is 354 g/mol. The quantitative estimate of drug-likeness (QED) is 0.536. The number of hydrogen-bond acceptors (Lipinski definition) is 4. The van der Waals surface area contributed by atoms with Crippen LogP contribution in [-0.2, 0) is 11.8 Å². The van der Waals surface area contributed by atoms with Gasteiger partial charge in [-0.15, -0.1) is 0 Å². The van der Waals surface area contributed by atoms with Crippen molar-refractivity contribution in [2.75, 3.05) is 5.32 Å². The molecule has 0 fully saturated rings. The summed E-state index contributed by atoms with van der Waals surface area (Å²) < 4.78 is 1.59. The fourth-order valence-electron chi connectivity index (χ4n) is 3.41. The Labute approximate surface area is 161 Å². The van der Waals surface area contributed by atoms with Crippen molar-refractivity contribution in [1.29, 1.82) is 0 Å². The third-order valence-electron chi connectivity index (χ3n) is 4.55. The Morgan fingerprint density at radius 1 is 1.18 bits per heavy atom. The number of benzene rings is 1. The molecule has 0 atom stereocenters. The Morgan fingerprint density at radius 3 is 2.71 bits per heavy atom. The van der Waals surface area contributed by atoms with E-state index in [-0.39, 0.29) is 11.7 Å². The number of amides is 1. The summed E-state index contributed by atoms with van der Waals surface area (Å²) >= 11 is 0. The highest BCUT2D eigenvalue weighted by Crippen LogP contribution is 2.32. The smallest absolute Gasteiger partial charge is 0.221 e. The van der Waals surface area contributed by atoms with E-state index < -0.39 is 0 Å². The van der Waals surface area contributed by atoms with Crippen LogP contribution in [0.15, 0.2) is 48.8 Å². The zero-order valence-electron chi connectivity index (χ0n) is 15.8. The van der Waals surface area contributed by atoms with Gasteiger partial charge in [0.25, 0.3) is 0 Å². The molecule has 7 nitrogen and oxygen atoms in total. The first-order chi connectivity index (χ1) is 13.4. The lowest BCUT2D eigenvalue weighted by Crippen LogP contribution is -2.08. The van der Waals surface area contributed by atoms with Gasteiger partial charge in [0, 0.05) is 37.4 Å². The molecule has 0 spiro atoms. The fourth-order valence-corrected chi connectivity index (χ4v) is 3.41. The molecule has 28 heavy (non-hydrogen) atoms. The molecule has 1 aromatic carbocycles. The van der Waals surface area contributed by atoms with Crippen LogP contribution in [-0.4, -0.2) is 31.4 Å². The largest absolute Gasteiger partial charge is 0.345 e. The standard InChI is InChI=1S/C21H19N5O2/c1-12-9-18(26(3)25-12)20(28)17-11-23-21-19(17)16(7-8-22-21)14-5-4-6-15(10-14)24-13(2)27/h4-11H,1-3H3,(H,22,23)(H,24,27). The first-order valence-corrected chi connectivity index (χ1v) is 8.83. The number of aromatic nitrogens is 4. The molecule has 4 rings (SSSR count). The van der Waals surface area contributed by atoms with Gasteiger partial charge in [0.15, 0.2) is 0 Å². The topological polar surface area (TPSA) is 92.7 Å². The normalized spacial score (nSPS) is 11.0. The highest BCUT2D eigenvalue weighted by Gasteiger charge is 2.21. The van der Waals surface area contributed by atoms with Gasteiger partial charge < -0.3 is 10.3 Å². The summed E-state index contributed by atoms with van der Waals surface area (Å²) in [4.78, 5) is 32.0. The number of H-pyrrole nitrogens is 1. The molecule has 1 amide bonds. The first kappa shape index (κ1) is 17.7. The predicted octanol–water partition coefficient (Wildman–Crippen LogP) is 3.46. The molecule has 0 radical (unpaired) electrons. The van der Waals surface area contributed by atoms with Crippen molar-refractivity contribution in [3.63, 3.8) is 0 Å². The van der Waals surface area contributed by atoms with E-state index in [4.69, 9.17) is 0 Å². The lowest BCUT2D eigenvalue weighted by Gasteiger charge is -2.09. The fraction of sp³-hybridized carbons (Fsp3) is 0.143. The van der Waals surface area contributed by atoms with E-state index in [1.807, 2.05) is 37.3 Å². The minimum absolute atomic E-state index is 0.124. The van der Waals surface area contributed by atoms with Crippen molar-refractivity contribution in [3.8, 4) is 11.1 Å². The number of carbonyl (C=O) groups excluding carboxylic acids is 2. The van der Waals surface area contributed by atoms with E-state index in [0.717, 1.165) is 22.2 Å². The van der Waals surface area contributed by atoms with Crippen molar-refractivity contribution < 1.29 is 9.59 Å². The monoisotopic (exact) mass is 373 g/mol. The summed E-state index contributed by atoms with van der Waals surface area (Å²) in [5.74, 6) is -0.261. The van der Waals surface area contributed by atoms with Gasteiger partial charge in [-0.25, -0.2) is 4.98 Å². The van der Waals surface area contributed by atoms with Crippen molar-refractivity contribution >= 4 is 28.4 Å². The third kappa shape index (κ3) is 3.07. The van der Waals surface area contributed by atoms with Gasteiger partial charge in [-0.1, -0.05) is 12.1 Å². The van der Waals surface area contributed by atoms with E-state index in [1.165, 1.54) is 6.92 Å². The van der Waals surface area contributed by atoms with E-state index >= 15 is 0 Å². The second-order valence-electron chi connectivity index (χ2n) is 6.67. The van der Waals surface area contributed by atoms with E-state index in [9.17, 15) is 9.59 Å². The van der Waals surface area contributed by atoms with Crippen LogP contribution in [0.2, 0.25) is 0 Å². The minimum atomic E-state index is -0.138. The Balaban J connectivity index is 1.87. The average Bonchev–Trinajstić information content (AvgIpc) is 3.23. The average molecular weight is 373 g/mol. The zero-order valence-corrected chi connectivity index (χ0v) is 15.8. The van der Waals surface area contributed by atoms with E-state index in [1.54, 1.807) is 30.2 Å². The van der Waals surface area contributed by atoms with Gasteiger partial charge >= 0.3 is 0 Å². The van der Waals surface area contributed by atoms with Crippen LogP contribution < -0.4 is 5.32 Å². The Hall–Kier alpha value is -3.74. The van der Waals surface area contributed by atoms with Crippen molar-refractivity contribution in [3.05, 3.63) is 65.7 Å². The molecule has 0 bridgehead atoms. The molecule has 0 aliphatic heterocycles. The SMILES string of the molecule is CC(=O)Nc1cccc(-c2ccnc3[nH]cc(C(=O)c4cc(C)nn4C)c23)c1. The van der Waals surface area contributed by atoms with E-state index in [0.29, 0.717) is 22.6 Å². The molecule has 0 aliphatic rings. The Bertz CT molecular complexity index is 1220. The second-order valence-corrected chi connectivity index (χ2v) is 6.67. The highest BCUT2D eigenvalue weighted by atomic mass is 16.1. The number of nitrogens with one attached hydrogen (secondary N) is 2. The summed E-state index contributed by atoms with van der Waals surface area (Å²) in [6.07, 6.45) is 3.38. The van der Waals surface area contributed by atoms with Gasteiger partial charge in [0.05, 0.1) is 11.3 Å². The maximum Gasteiger partial charge on any atom is 0.221 e. The van der Waals surface area contributed by atoms with Crippen LogP contribution in [0, 0.1) is 6.92 Å². The summed E-state index contributed by atoms with van der Waals surface area (Å²) in [6, 6.07) is 11.2. The number of aryl methyl sites for hydroxylation is 2. The van der Waals surface area contributed by atoms with Crippen LogP contribution in [0.5, 0.6) is 0 Å². The number of ketones is 1. The summed E-state index contributed by atoms with van der Waals surface area (Å²) in [6.45, 7) is 3.32. The Morgan fingerprint density at radius 2 is 2.00 bits per heavy atom. The van der Waals surface area contributed by atoms with Gasteiger partial charge in [-0.05, 0) is 42.3 Å². The van der Waals surface area contributed by atoms with Gasteiger partial charge in [-0.2, -0.15) is 5.10 Å². The molecule has 0 aliphatic carbocycles. The molecule has 3 heterocycles. The van der Waals surface area contributed by atoms with Crippen LogP contribution in [0.4, 0.5) is 5.69 Å². The molecule has 0 unspecified atom stereocenters. The molecule has 4 aromatic rings. The van der Waals surface area contributed by atoms with Crippen LogP contribution in [0.25, 0.3) is 22.2 Å².